The molecule has 2 rings (SSSR count). The van der Waals surface area contributed by atoms with Crippen molar-refractivity contribution in [2.75, 3.05) is 5.73 Å². The molecule has 0 amide bonds. The highest BCUT2D eigenvalue weighted by Gasteiger charge is 2.15. The lowest BCUT2D eigenvalue weighted by atomic mass is 10.1. The van der Waals surface area contributed by atoms with Gasteiger partial charge in [0, 0.05) is 17.8 Å². The van der Waals surface area contributed by atoms with Gasteiger partial charge in [-0.3, -0.25) is 4.79 Å². The minimum atomic E-state index is -1.27. The Morgan fingerprint density at radius 3 is 2.72 bits per heavy atom. The number of aromatic amines is 1. The van der Waals surface area contributed by atoms with E-state index >= 15 is 0 Å². The fourth-order valence-electron chi connectivity index (χ4n) is 1.41. The molecule has 0 aliphatic carbocycles. The van der Waals surface area contributed by atoms with Crippen LogP contribution in [-0.2, 0) is 0 Å². The second kappa shape index (κ2) is 4.50. The Morgan fingerprint density at radius 1 is 1.44 bits per heavy atom. The molecule has 2 heterocycles. The number of carboxylic acids is 1. The summed E-state index contributed by atoms with van der Waals surface area (Å²) in [6, 6.07) is 4.27. The van der Waals surface area contributed by atoms with Crippen LogP contribution in [0.5, 0.6) is 0 Å². The Kier molecular flexibility index (Phi) is 3.03. The van der Waals surface area contributed by atoms with Gasteiger partial charge in [-0.1, -0.05) is 11.6 Å². The molecule has 18 heavy (non-hydrogen) atoms. The van der Waals surface area contributed by atoms with Crippen LogP contribution in [0, 0.1) is 0 Å². The molecule has 0 saturated heterocycles. The molecule has 0 spiro atoms. The van der Waals surface area contributed by atoms with Gasteiger partial charge in [0.1, 0.15) is 0 Å². The zero-order valence-electron chi connectivity index (χ0n) is 8.98. The number of anilines is 1. The summed E-state index contributed by atoms with van der Waals surface area (Å²) < 4.78 is 0. The Morgan fingerprint density at radius 2 is 2.17 bits per heavy atom. The fourth-order valence-corrected chi connectivity index (χ4v) is 1.59. The zero-order valence-corrected chi connectivity index (χ0v) is 9.73. The SMILES string of the molecule is Nc1cc(-c2ccc(=O)[nH]c2)nc(C(=O)O)c1Cl. The van der Waals surface area contributed by atoms with E-state index in [1.54, 1.807) is 0 Å². The largest absolute Gasteiger partial charge is 0.476 e. The minimum absolute atomic E-state index is 0.101. The van der Waals surface area contributed by atoms with E-state index in [0.29, 0.717) is 11.3 Å². The average molecular weight is 266 g/mol. The normalized spacial score (nSPS) is 10.3. The fraction of sp³-hybridized carbons (Fsp3) is 0. The van der Waals surface area contributed by atoms with Crippen LogP contribution >= 0.6 is 11.6 Å². The molecule has 2 aromatic heterocycles. The van der Waals surface area contributed by atoms with E-state index in [1.165, 1.54) is 24.4 Å². The average Bonchev–Trinajstić information content (AvgIpc) is 2.33. The number of hydrogen-bond acceptors (Lipinski definition) is 4. The molecule has 0 aliphatic heterocycles. The van der Waals surface area contributed by atoms with Gasteiger partial charge in [0.15, 0.2) is 5.69 Å². The van der Waals surface area contributed by atoms with Gasteiger partial charge in [-0.15, -0.1) is 0 Å². The Hall–Kier alpha value is -2.34. The van der Waals surface area contributed by atoms with Gasteiger partial charge in [0.05, 0.1) is 16.4 Å². The molecular formula is C11H8ClN3O3. The van der Waals surface area contributed by atoms with Gasteiger partial charge < -0.3 is 15.8 Å². The van der Waals surface area contributed by atoms with Crippen LogP contribution in [0.2, 0.25) is 5.02 Å². The highest BCUT2D eigenvalue weighted by molar-refractivity contribution is 6.35. The molecule has 0 fully saturated rings. The molecular weight excluding hydrogens is 258 g/mol. The van der Waals surface area contributed by atoms with E-state index in [9.17, 15) is 9.59 Å². The van der Waals surface area contributed by atoms with E-state index in [4.69, 9.17) is 22.4 Å². The first-order valence-electron chi connectivity index (χ1n) is 4.87. The molecule has 2 aromatic rings. The molecule has 0 aliphatic rings. The third kappa shape index (κ3) is 2.18. The highest BCUT2D eigenvalue weighted by Crippen LogP contribution is 2.27. The molecule has 92 valence electrons. The third-order valence-electron chi connectivity index (χ3n) is 2.27. The molecule has 0 aromatic carbocycles. The molecule has 0 radical (unpaired) electrons. The maximum atomic E-state index is 11.0. The molecule has 7 heteroatoms. The maximum Gasteiger partial charge on any atom is 0.356 e. The monoisotopic (exact) mass is 265 g/mol. The lowest BCUT2D eigenvalue weighted by molar-refractivity contribution is 0.0691. The summed E-state index contributed by atoms with van der Waals surface area (Å²) in [6.07, 6.45) is 1.42. The number of rotatable bonds is 2. The lowest BCUT2D eigenvalue weighted by Gasteiger charge is -2.06. The van der Waals surface area contributed by atoms with Crippen LogP contribution in [0.4, 0.5) is 5.69 Å². The molecule has 0 saturated carbocycles. The van der Waals surface area contributed by atoms with Crippen molar-refractivity contribution in [3.63, 3.8) is 0 Å². The summed E-state index contributed by atoms with van der Waals surface area (Å²) in [5, 5.41) is 8.84. The van der Waals surface area contributed by atoms with Crippen LogP contribution in [0.15, 0.2) is 29.2 Å². The van der Waals surface area contributed by atoms with Gasteiger partial charge in [0.25, 0.3) is 0 Å². The number of aromatic carboxylic acids is 1. The van der Waals surface area contributed by atoms with Crippen molar-refractivity contribution in [3.05, 3.63) is 45.5 Å². The van der Waals surface area contributed by atoms with Crippen molar-refractivity contribution in [2.24, 2.45) is 0 Å². The first-order chi connectivity index (χ1) is 8.49. The predicted octanol–water partition coefficient (Wildman–Crippen LogP) is 1.37. The zero-order chi connectivity index (χ0) is 13.3. The minimum Gasteiger partial charge on any atom is -0.476 e. The van der Waals surface area contributed by atoms with E-state index in [0.717, 1.165) is 0 Å². The third-order valence-corrected chi connectivity index (χ3v) is 2.67. The number of hydrogen-bond donors (Lipinski definition) is 3. The summed E-state index contributed by atoms with van der Waals surface area (Å²) in [5.74, 6) is -1.27. The number of nitrogens with zero attached hydrogens (tertiary/aromatic N) is 1. The summed E-state index contributed by atoms with van der Waals surface area (Å²) in [5.41, 5.74) is 6.02. The maximum absolute atomic E-state index is 11.0. The van der Waals surface area contributed by atoms with Crippen LogP contribution in [-0.4, -0.2) is 21.0 Å². The highest BCUT2D eigenvalue weighted by atomic mass is 35.5. The standard InChI is InChI=1S/C11H8ClN3O3/c12-9-6(13)3-7(15-10(9)11(17)18)5-1-2-8(16)14-4-5/h1-4H,(H2,13,15)(H,14,16)(H,17,18). The van der Waals surface area contributed by atoms with Crippen molar-refractivity contribution in [1.29, 1.82) is 0 Å². The summed E-state index contributed by atoms with van der Waals surface area (Å²) in [4.78, 5) is 28.2. The summed E-state index contributed by atoms with van der Waals surface area (Å²) in [7, 11) is 0. The molecule has 0 atom stereocenters. The smallest absolute Gasteiger partial charge is 0.356 e. The second-order valence-corrected chi connectivity index (χ2v) is 3.88. The van der Waals surface area contributed by atoms with E-state index in [1.807, 2.05) is 0 Å². The number of nitrogen functional groups attached to an aromatic ring is 1. The van der Waals surface area contributed by atoms with E-state index in [2.05, 4.69) is 9.97 Å². The van der Waals surface area contributed by atoms with Crippen LogP contribution < -0.4 is 11.3 Å². The lowest BCUT2D eigenvalue weighted by Crippen LogP contribution is -2.06. The molecule has 6 nitrogen and oxygen atoms in total. The molecule has 0 unspecified atom stereocenters. The van der Waals surface area contributed by atoms with Crippen LogP contribution in [0.1, 0.15) is 10.5 Å². The van der Waals surface area contributed by atoms with E-state index in [-0.39, 0.29) is 22.0 Å². The summed E-state index contributed by atoms with van der Waals surface area (Å²) >= 11 is 5.75. The summed E-state index contributed by atoms with van der Waals surface area (Å²) in [6.45, 7) is 0. The van der Waals surface area contributed by atoms with Gasteiger partial charge in [-0.2, -0.15) is 0 Å². The quantitative estimate of drug-likeness (QED) is 0.760. The van der Waals surface area contributed by atoms with Crippen molar-refractivity contribution in [2.45, 2.75) is 0 Å². The topological polar surface area (TPSA) is 109 Å². The van der Waals surface area contributed by atoms with Crippen molar-refractivity contribution in [1.82, 2.24) is 9.97 Å². The number of aromatic nitrogens is 2. The van der Waals surface area contributed by atoms with E-state index < -0.39 is 5.97 Å². The number of pyridine rings is 2. The van der Waals surface area contributed by atoms with Gasteiger partial charge in [-0.05, 0) is 12.1 Å². The van der Waals surface area contributed by atoms with Crippen LogP contribution in [0.25, 0.3) is 11.3 Å². The number of nitrogens with two attached hydrogens (primary N) is 1. The Balaban J connectivity index is 2.62. The number of nitrogens with one attached hydrogen (secondary N) is 1. The number of halogens is 1. The Labute approximate surface area is 106 Å². The first kappa shape index (κ1) is 12.1. The molecule has 4 N–H and O–H groups in total. The molecule has 0 bridgehead atoms. The number of H-pyrrole nitrogens is 1. The van der Waals surface area contributed by atoms with Gasteiger partial charge in [0.2, 0.25) is 5.56 Å². The van der Waals surface area contributed by atoms with Gasteiger partial charge >= 0.3 is 5.97 Å². The Bertz CT molecular complexity index is 661. The van der Waals surface area contributed by atoms with Crippen molar-refractivity contribution < 1.29 is 9.90 Å². The predicted molar refractivity (Wildman–Crippen MR) is 66.7 cm³/mol. The van der Waals surface area contributed by atoms with Gasteiger partial charge in [-0.25, -0.2) is 9.78 Å². The number of carboxylic acid groups (broad SMARTS) is 1. The first-order valence-corrected chi connectivity index (χ1v) is 5.25. The number of carbonyl (C=O) groups is 1. The van der Waals surface area contributed by atoms with Crippen molar-refractivity contribution >= 4 is 23.3 Å². The van der Waals surface area contributed by atoms with Crippen molar-refractivity contribution in [3.8, 4) is 11.3 Å². The second-order valence-electron chi connectivity index (χ2n) is 3.51. The van der Waals surface area contributed by atoms with Crippen LogP contribution in [0.3, 0.4) is 0 Å².